The van der Waals surface area contributed by atoms with Crippen LogP contribution in [0.15, 0.2) is 22.8 Å². The minimum atomic E-state index is -0.0360. The zero-order valence-electron chi connectivity index (χ0n) is 14.9. The minimum Gasteiger partial charge on any atom is -0.459 e. The molecule has 4 heterocycles. The molecule has 0 N–H and O–H groups in total. The SMILES string of the molecule is CN1CCC(CN2C(=O)CC[C@@H]3[C@H]2CCN3C(=O)c2ccco2)CC1. The fraction of sp³-hybridized carbons (Fsp3) is 0.684. The van der Waals surface area contributed by atoms with Crippen molar-refractivity contribution in [1.82, 2.24) is 14.7 Å². The Balaban J connectivity index is 1.45. The highest BCUT2D eigenvalue weighted by atomic mass is 16.3. The molecule has 1 aromatic heterocycles. The lowest BCUT2D eigenvalue weighted by atomic mass is 9.91. The fourth-order valence-corrected chi connectivity index (χ4v) is 4.70. The van der Waals surface area contributed by atoms with Crippen molar-refractivity contribution >= 4 is 11.8 Å². The normalized spacial score (nSPS) is 28.4. The highest BCUT2D eigenvalue weighted by molar-refractivity contribution is 5.92. The highest BCUT2D eigenvalue weighted by Crippen LogP contribution is 2.34. The number of hydrogen-bond donors (Lipinski definition) is 0. The Kier molecular flexibility index (Phi) is 4.54. The zero-order valence-corrected chi connectivity index (χ0v) is 14.9. The molecule has 6 nitrogen and oxygen atoms in total. The first kappa shape index (κ1) is 16.6. The van der Waals surface area contributed by atoms with Gasteiger partial charge in [-0.05, 0) is 63.9 Å². The summed E-state index contributed by atoms with van der Waals surface area (Å²) in [4.78, 5) is 31.7. The van der Waals surface area contributed by atoms with Crippen molar-refractivity contribution in [3.63, 3.8) is 0 Å². The van der Waals surface area contributed by atoms with Gasteiger partial charge in [-0.25, -0.2) is 0 Å². The number of nitrogens with zero attached hydrogens (tertiary/aromatic N) is 3. The molecule has 3 fully saturated rings. The number of amides is 2. The molecule has 0 unspecified atom stereocenters. The molecule has 1 aromatic rings. The van der Waals surface area contributed by atoms with E-state index in [0.717, 1.165) is 45.3 Å². The summed E-state index contributed by atoms with van der Waals surface area (Å²) >= 11 is 0. The van der Waals surface area contributed by atoms with Crippen LogP contribution in [0.2, 0.25) is 0 Å². The molecule has 2 atom stereocenters. The number of fused-ring (bicyclic) bond motifs is 1. The summed E-state index contributed by atoms with van der Waals surface area (Å²) in [7, 11) is 2.16. The van der Waals surface area contributed by atoms with Crippen LogP contribution >= 0.6 is 0 Å². The largest absolute Gasteiger partial charge is 0.459 e. The molecule has 0 radical (unpaired) electrons. The van der Waals surface area contributed by atoms with E-state index < -0.39 is 0 Å². The van der Waals surface area contributed by atoms with Gasteiger partial charge in [0.1, 0.15) is 0 Å². The van der Waals surface area contributed by atoms with E-state index in [1.54, 1.807) is 12.1 Å². The van der Waals surface area contributed by atoms with Crippen LogP contribution in [-0.4, -0.2) is 71.8 Å². The fourth-order valence-electron chi connectivity index (χ4n) is 4.70. The number of carbonyl (C=O) groups is 2. The first-order valence-electron chi connectivity index (χ1n) is 9.46. The Labute approximate surface area is 148 Å². The van der Waals surface area contributed by atoms with E-state index in [9.17, 15) is 9.59 Å². The number of carbonyl (C=O) groups excluding carboxylic acids is 2. The van der Waals surface area contributed by atoms with Crippen LogP contribution in [0.4, 0.5) is 0 Å². The van der Waals surface area contributed by atoms with E-state index in [-0.39, 0.29) is 23.9 Å². The molecule has 0 aromatic carbocycles. The van der Waals surface area contributed by atoms with Crippen molar-refractivity contribution in [2.75, 3.05) is 33.2 Å². The van der Waals surface area contributed by atoms with Gasteiger partial charge in [0.15, 0.2) is 5.76 Å². The Hall–Kier alpha value is -1.82. The average Bonchev–Trinajstić information content (AvgIpc) is 3.28. The molecule has 25 heavy (non-hydrogen) atoms. The number of likely N-dealkylation sites (tertiary alicyclic amines) is 3. The number of hydrogen-bond acceptors (Lipinski definition) is 4. The van der Waals surface area contributed by atoms with E-state index >= 15 is 0 Å². The van der Waals surface area contributed by atoms with Crippen LogP contribution in [0.3, 0.4) is 0 Å². The second-order valence-electron chi connectivity index (χ2n) is 7.73. The van der Waals surface area contributed by atoms with Gasteiger partial charge in [-0.3, -0.25) is 9.59 Å². The predicted molar refractivity (Wildman–Crippen MR) is 93.1 cm³/mol. The molecule has 136 valence electrons. The summed E-state index contributed by atoms with van der Waals surface area (Å²) < 4.78 is 5.29. The maximum Gasteiger partial charge on any atom is 0.289 e. The molecular formula is C19H27N3O3. The Morgan fingerprint density at radius 1 is 1.16 bits per heavy atom. The Morgan fingerprint density at radius 3 is 2.68 bits per heavy atom. The van der Waals surface area contributed by atoms with Gasteiger partial charge in [-0.2, -0.15) is 0 Å². The van der Waals surface area contributed by atoms with Crippen LogP contribution in [0.5, 0.6) is 0 Å². The summed E-state index contributed by atoms with van der Waals surface area (Å²) in [6, 6.07) is 3.79. The molecule has 4 rings (SSSR count). The summed E-state index contributed by atoms with van der Waals surface area (Å²) in [5, 5.41) is 0. The van der Waals surface area contributed by atoms with Gasteiger partial charge in [-0.15, -0.1) is 0 Å². The lowest BCUT2D eigenvalue weighted by Gasteiger charge is -2.42. The van der Waals surface area contributed by atoms with Crippen LogP contribution in [-0.2, 0) is 4.79 Å². The molecule has 3 aliphatic heterocycles. The van der Waals surface area contributed by atoms with Crippen molar-refractivity contribution in [2.45, 2.75) is 44.2 Å². The summed E-state index contributed by atoms with van der Waals surface area (Å²) in [6.45, 7) is 3.80. The Bertz CT molecular complexity index is 622. The van der Waals surface area contributed by atoms with Crippen LogP contribution in [0, 0.1) is 5.92 Å². The monoisotopic (exact) mass is 345 g/mol. The van der Waals surface area contributed by atoms with E-state index in [4.69, 9.17) is 4.42 Å². The van der Waals surface area contributed by atoms with Crippen molar-refractivity contribution in [2.24, 2.45) is 5.92 Å². The van der Waals surface area contributed by atoms with Crippen molar-refractivity contribution in [3.8, 4) is 0 Å². The summed E-state index contributed by atoms with van der Waals surface area (Å²) in [5.74, 6) is 1.23. The molecular weight excluding hydrogens is 318 g/mol. The number of rotatable bonds is 3. The third kappa shape index (κ3) is 3.19. The van der Waals surface area contributed by atoms with Crippen molar-refractivity contribution in [1.29, 1.82) is 0 Å². The number of piperidine rings is 2. The van der Waals surface area contributed by atoms with Gasteiger partial charge < -0.3 is 19.1 Å². The van der Waals surface area contributed by atoms with Gasteiger partial charge in [0, 0.05) is 19.5 Å². The lowest BCUT2D eigenvalue weighted by Crippen LogP contribution is -2.54. The highest BCUT2D eigenvalue weighted by Gasteiger charge is 2.45. The van der Waals surface area contributed by atoms with E-state index in [2.05, 4.69) is 16.8 Å². The quantitative estimate of drug-likeness (QED) is 0.839. The third-order valence-corrected chi connectivity index (χ3v) is 6.17. The van der Waals surface area contributed by atoms with Gasteiger partial charge in [-0.1, -0.05) is 0 Å². The molecule has 0 spiro atoms. The molecule has 2 amide bonds. The molecule has 0 saturated carbocycles. The predicted octanol–water partition coefficient (Wildman–Crippen LogP) is 1.83. The van der Waals surface area contributed by atoms with Gasteiger partial charge in [0.25, 0.3) is 5.91 Å². The molecule has 3 aliphatic rings. The van der Waals surface area contributed by atoms with Gasteiger partial charge in [0.05, 0.1) is 18.3 Å². The minimum absolute atomic E-state index is 0.0360. The molecule has 0 bridgehead atoms. The topological polar surface area (TPSA) is 57.0 Å². The van der Waals surface area contributed by atoms with Crippen LogP contribution in [0.25, 0.3) is 0 Å². The van der Waals surface area contributed by atoms with Crippen molar-refractivity contribution in [3.05, 3.63) is 24.2 Å². The summed E-state index contributed by atoms with van der Waals surface area (Å²) in [5.41, 5.74) is 0. The average molecular weight is 345 g/mol. The van der Waals surface area contributed by atoms with Gasteiger partial charge in [0.2, 0.25) is 5.91 Å². The second kappa shape index (κ2) is 6.83. The first-order chi connectivity index (χ1) is 12.1. The third-order valence-electron chi connectivity index (χ3n) is 6.17. The maximum absolute atomic E-state index is 12.7. The lowest BCUT2D eigenvalue weighted by molar-refractivity contribution is -0.138. The Morgan fingerprint density at radius 2 is 1.96 bits per heavy atom. The smallest absolute Gasteiger partial charge is 0.289 e. The van der Waals surface area contributed by atoms with E-state index in [0.29, 0.717) is 24.6 Å². The zero-order chi connectivity index (χ0) is 17.4. The van der Waals surface area contributed by atoms with Crippen LogP contribution < -0.4 is 0 Å². The van der Waals surface area contributed by atoms with Crippen LogP contribution in [0.1, 0.15) is 42.7 Å². The molecule has 6 heteroatoms. The standard InChI is InChI=1S/C19H27N3O3/c1-20-9-6-14(7-10-20)13-22-16-8-11-21(15(16)4-5-18(22)23)19(24)17-3-2-12-25-17/h2-3,12,14-16H,4-11,13H2,1H3/t15-,16-/m1/s1. The summed E-state index contributed by atoms with van der Waals surface area (Å²) in [6.07, 6.45) is 6.07. The van der Waals surface area contributed by atoms with Crippen molar-refractivity contribution < 1.29 is 14.0 Å². The van der Waals surface area contributed by atoms with E-state index in [1.807, 2.05) is 4.90 Å². The number of furan rings is 1. The van der Waals surface area contributed by atoms with Gasteiger partial charge >= 0.3 is 0 Å². The molecule has 3 saturated heterocycles. The maximum atomic E-state index is 12.7. The van der Waals surface area contributed by atoms with E-state index in [1.165, 1.54) is 6.26 Å². The molecule has 0 aliphatic carbocycles. The second-order valence-corrected chi connectivity index (χ2v) is 7.73. The first-order valence-corrected chi connectivity index (χ1v) is 9.46.